The summed E-state index contributed by atoms with van der Waals surface area (Å²) < 4.78 is 6.14. The number of ether oxygens (including phenoxy) is 1. The number of hydrogen-bond acceptors (Lipinski definition) is 5. The fourth-order valence-corrected chi connectivity index (χ4v) is 4.67. The summed E-state index contributed by atoms with van der Waals surface area (Å²) in [4.78, 5) is 0. The van der Waals surface area contributed by atoms with Crippen molar-refractivity contribution in [2.45, 2.75) is 0 Å². The van der Waals surface area contributed by atoms with E-state index in [1.54, 1.807) is 48.5 Å². The number of phenolic OH excluding ortho intramolecular Hbond substituents is 4. The van der Waals surface area contributed by atoms with Gasteiger partial charge >= 0.3 is 0 Å². The summed E-state index contributed by atoms with van der Waals surface area (Å²) >= 11 is 0. The van der Waals surface area contributed by atoms with Gasteiger partial charge in [0.05, 0.1) is 0 Å². The first kappa shape index (κ1) is 22.3. The van der Waals surface area contributed by atoms with E-state index in [0.29, 0.717) is 33.8 Å². The Morgan fingerprint density at radius 1 is 0.459 bits per heavy atom. The Balaban J connectivity index is 1.41. The maximum atomic E-state index is 10.8. The molecule has 0 atom stereocenters. The predicted octanol–water partition coefficient (Wildman–Crippen LogP) is 7.94. The van der Waals surface area contributed by atoms with Crippen LogP contribution in [-0.4, -0.2) is 20.4 Å². The fraction of sp³-hybridized carbons (Fsp3) is 0. The molecule has 0 fully saturated rings. The molecule has 0 spiro atoms. The molecule has 37 heavy (non-hydrogen) atoms. The number of hydrogen-bond donors (Lipinski definition) is 4. The highest BCUT2D eigenvalue weighted by molar-refractivity contribution is 6.01. The minimum Gasteiger partial charge on any atom is -0.508 e. The average Bonchev–Trinajstić information content (AvgIpc) is 2.88. The molecule has 6 aromatic rings. The van der Waals surface area contributed by atoms with Gasteiger partial charge in [-0.15, -0.1) is 0 Å². The van der Waals surface area contributed by atoms with Crippen molar-refractivity contribution in [2.75, 3.05) is 0 Å². The van der Waals surface area contributed by atoms with Crippen LogP contribution in [0.3, 0.4) is 0 Å². The van der Waals surface area contributed by atoms with Crippen LogP contribution in [0.5, 0.6) is 34.5 Å². The Morgan fingerprint density at radius 2 is 1.19 bits per heavy atom. The number of fused-ring (bicyclic) bond motifs is 2. The van der Waals surface area contributed by atoms with Crippen LogP contribution >= 0.6 is 0 Å². The molecule has 0 unspecified atom stereocenters. The van der Waals surface area contributed by atoms with E-state index >= 15 is 0 Å². The first-order valence-corrected chi connectivity index (χ1v) is 11.7. The summed E-state index contributed by atoms with van der Waals surface area (Å²) in [6.07, 6.45) is 0. The van der Waals surface area contributed by atoms with Crippen LogP contribution in [0.15, 0.2) is 109 Å². The van der Waals surface area contributed by atoms with Gasteiger partial charge in [0.25, 0.3) is 0 Å². The van der Waals surface area contributed by atoms with Crippen LogP contribution < -0.4 is 4.74 Å². The van der Waals surface area contributed by atoms with Gasteiger partial charge in [0.2, 0.25) is 0 Å². The zero-order chi connectivity index (χ0) is 25.5. The van der Waals surface area contributed by atoms with Crippen molar-refractivity contribution >= 4 is 21.5 Å². The van der Waals surface area contributed by atoms with Crippen LogP contribution in [0.4, 0.5) is 0 Å². The topological polar surface area (TPSA) is 90.2 Å². The van der Waals surface area contributed by atoms with Crippen molar-refractivity contribution < 1.29 is 25.2 Å². The van der Waals surface area contributed by atoms with Gasteiger partial charge in [-0.05, 0) is 93.3 Å². The molecule has 0 saturated carbocycles. The molecule has 6 aromatic carbocycles. The lowest BCUT2D eigenvalue weighted by atomic mass is 9.94. The lowest BCUT2D eigenvalue weighted by Gasteiger charge is -2.14. The third-order valence-electron chi connectivity index (χ3n) is 6.45. The quantitative estimate of drug-likeness (QED) is 0.203. The van der Waals surface area contributed by atoms with Crippen molar-refractivity contribution in [1.82, 2.24) is 0 Å². The Kier molecular flexibility index (Phi) is 5.31. The predicted molar refractivity (Wildman–Crippen MR) is 146 cm³/mol. The van der Waals surface area contributed by atoms with Gasteiger partial charge in [0.1, 0.15) is 34.5 Å². The third-order valence-corrected chi connectivity index (χ3v) is 6.45. The maximum absolute atomic E-state index is 10.8. The van der Waals surface area contributed by atoms with E-state index in [1.807, 2.05) is 60.7 Å². The number of rotatable bonds is 4. The zero-order valence-electron chi connectivity index (χ0n) is 19.6. The Hall–Kier alpha value is -5.16. The summed E-state index contributed by atoms with van der Waals surface area (Å²) in [7, 11) is 0. The molecule has 4 N–H and O–H groups in total. The van der Waals surface area contributed by atoms with Gasteiger partial charge in [-0.1, -0.05) is 48.5 Å². The lowest BCUT2D eigenvalue weighted by Crippen LogP contribution is -1.88. The monoisotopic (exact) mass is 486 g/mol. The molecule has 0 saturated heterocycles. The molecule has 5 heteroatoms. The molecule has 0 aliphatic heterocycles. The SMILES string of the molecule is Oc1cccc(-c2ccc(-c3c(O)ccc4ccc(Oc5ccc6ccc(O)cc6c5)cc34)cc2O)c1. The highest BCUT2D eigenvalue weighted by Crippen LogP contribution is 2.42. The van der Waals surface area contributed by atoms with E-state index in [4.69, 9.17) is 4.74 Å². The highest BCUT2D eigenvalue weighted by atomic mass is 16.5. The minimum atomic E-state index is 0.0336. The molecule has 0 aliphatic carbocycles. The first-order valence-electron chi connectivity index (χ1n) is 11.7. The highest BCUT2D eigenvalue weighted by Gasteiger charge is 2.14. The largest absolute Gasteiger partial charge is 0.508 e. The third kappa shape index (κ3) is 4.23. The van der Waals surface area contributed by atoms with E-state index in [9.17, 15) is 20.4 Å². The molecule has 0 heterocycles. The van der Waals surface area contributed by atoms with Gasteiger partial charge < -0.3 is 25.2 Å². The van der Waals surface area contributed by atoms with Crippen LogP contribution in [-0.2, 0) is 0 Å². The van der Waals surface area contributed by atoms with E-state index in [1.165, 1.54) is 0 Å². The van der Waals surface area contributed by atoms with Gasteiger partial charge in [-0.25, -0.2) is 0 Å². The van der Waals surface area contributed by atoms with E-state index in [0.717, 1.165) is 21.5 Å². The average molecular weight is 487 g/mol. The van der Waals surface area contributed by atoms with Crippen molar-refractivity contribution in [3.8, 4) is 56.8 Å². The second-order valence-corrected chi connectivity index (χ2v) is 8.92. The van der Waals surface area contributed by atoms with Gasteiger partial charge in [-0.3, -0.25) is 0 Å². The van der Waals surface area contributed by atoms with Crippen molar-refractivity contribution in [2.24, 2.45) is 0 Å². The van der Waals surface area contributed by atoms with Gasteiger partial charge in [0, 0.05) is 11.1 Å². The van der Waals surface area contributed by atoms with Crippen molar-refractivity contribution in [1.29, 1.82) is 0 Å². The van der Waals surface area contributed by atoms with Crippen LogP contribution in [0.25, 0.3) is 43.8 Å². The Bertz CT molecular complexity index is 1810. The standard InChI is InChI=1S/C32H22O5/c33-24-3-1-2-21(14-24)28-12-7-22(17-31(28)36)32-29-18-27(11-6-20(29)8-13-30(32)35)37-26-10-5-19-4-9-25(34)15-23(19)16-26/h1-18,33-36H. The molecule has 6 rings (SSSR count). The van der Waals surface area contributed by atoms with Crippen molar-refractivity contribution in [3.05, 3.63) is 109 Å². The van der Waals surface area contributed by atoms with Crippen LogP contribution in [0, 0.1) is 0 Å². The van der Waals surface area contributed by atoms with E-state index < -0.39 is 0 Å². The molecular formula is C32H22O5. The van der Waals surface area contributed by atoms with Crippen molar-refractivity contribution in [3.63, 3.8) is 0 Å². The molecule has 5 nitrogen and oxygen atoms in total. The lowest BCUT2D eigenvalue weighted by molar-refractivity contribution is 0.474. The second kappa shape index (κ2) is 8.81. The van der Waals surface area contributed by atoms with E-state index in [2.05, 4.69) is 0 Å². The Labute approximate surface area is 212 Å². The summed E-state index contributed by atoms with van der Waals surface area (Å²) in [6, 6.07) is 31.8. The smallest absolute Gasteiger partial charge is 0.128 e. The summed E-state index contributed by atoms with van der Waals surface area (Å²) in [6.45, 7) is 0. The minimum absolute atomic E-state index is 0.0336. The normalized spacial score (nSPS) is 11.1. The molecule has 0 aliphatic rings. The molecule has 0 bridgehead atoms. The Morgan fingerprint density at radius 3 is 2.00 bits per heavy atom. The van der Waals surface area contributed by atoms with Crippen LogP contribution in [0.1, 0.15) is 0 Å². The maximum Gasteiger partial charge on any atom is 0.128 e. The zero-order valence-corrected chi connectivity index (χ0v) is 19.6. The number of phenols is 4. The van der Waals surface area contributed by atoms with Gasteiger partial charge in [-0.2, -0.15) is 0 Å². The molecular weight excluding hydrogens is 464 g/mol. The molecule has 0 aromatic heterocycles. The summed E-state index contributed by atoms with van der Waals surface area (Å²) in [5.41, 5.74) is 2.48. The van der Waals surface area contributed by atoms with Gasteiger partial charge in [0.15, 0.2) is 0 Å². The van der Waals surface area contributed by atoms with Crippen LogP contribution in [0.2, 0.25) is 0 Å². The molecule has 0 radical (unpaired) electrons. The fourth-order valence-electron chi connectivity index (χ4n) is 4.67. The number of aromatic hydroxyl groups is 4. The van der Waals surface area contributed by atoms with E-state index in [-0.39, 0.29) is 23.0 Å². The summed E-state index contributed by atoms with van der Waals surface area (Å²) in [5, 5.41) is 44.8. The summed E-state index contributed by atoms with van der Waals surface area (Å²) in [5.74, 6) is 1.62. The first-order chi connectivity index (χ1) is 17.9. The number of benzene rings is 6. The molecule has 180 valence electrons. The second-order valence-electron chi connectivity index (χ2n) is 8.92. The molecule has 0 amide bonds.